The predicted molar refractivity (Wildman–Crippen MR) is 208 cm³/mol. The number of rotatable bonds is 6. The Bertz CT molecular complexity index is 2590. The lowest BCUT2D eigenvalue weighted by molar-refractivity contribution is 1.24. The van der Waals surface area contributed by atoms with Crippen molar-refractivity contribution in [3.05, 3.63) is 182 Å². The van der Waals surface area contributed by atoms with Gasteiger partial charge in [-0.3, -0.25) is 0 Å². The summed E-state index contributed by atoms with van der Waals surface area (Å²) in [7, 11) is 0. The molecule has 49 heavy (non-hydrogen) atoms. The third-order valence-electron chi connectivity index (χ3n) is 9.10. The Morgan fingerprint density at radius 3 is 1.35 bits per heavy atom. The molecule has 9 aromatic rings. The minimum Gasteiger partial charge on any atom is -0.226 e. The zero-order valence-electron chi connectivity index (χ0n) is 26.6. The van der Waals surface area contributed by atoms with Gasteiger partial charge in [0.1, 0.15) is 0 Å². The van der Waals surface area contributed by atoms with Crippen LogP contribution in [-0.4, -0.2) is 9.97 Å². The molecule has 7 aromatic carbocycles. The van der Waals surface area contributed by atoms with E-state index in [4.69, 9.17) is 9.97 Å². The fourth-order valence-electron chi connectivity index (χ4n) is 6.59. The summed E-state index contributed by atoms with van der Waals surface area (Å²) < 4.78 is 2.32. The lowest BCUT2D eigenvalue weighted by Gasteiger charge is -2.11. The van der Waals surface area contributed by atoms with Crippen LogP contribution in [0.3, 0.4) is 0 Å². The number of benzene rings is 7. The van der Waals surface area contributed by atoms with Gasteiger partial charge in [0.15, 0.2) is 5.82 Å². The van der Waals surface area contributed by atoms with E-state index in [0.717, 1.165) is 49.4 Å². The third-order valence-corrected chi connectivity index (χ3v) is 10.3. The lowest BCUT2D eigenvalue weighted by atomic mass is 9.97. The van der Waals surface area contributed by atoms with Crippen LogP contribution in [-0.2, 0) is 0 Å². The molecule has 0 saturated carbocycles. The second kappa shape index (κ2) is 12.5. The van der Waals surface area contributed by atoms with Crippen molar-refractivity contribution < 1.29 is 0 Å². The number of hydrogen-bond donors (Lipinski definition) is 0. The first kappa shape index (κ1) is 29.0. The van der Waals surface area contributed by atoms with Gasteiger partial charge in [-0.05, 0) is 68.8 Å². The number of aromatic nitrogens is 2. The molecule has 2 aromatic heterocycles. The predicted octanol–water partition coefficient (Wildman–Crippen LogP) is 12.8. The summed E-state index contributed by atoms with van der Waals surface area (Å²) in [6.07, 6.45) is 0. The Kier molecular flexibility index (Phi) is 7.38. The summed E-state index contributed by atoms with van der Waals surface area (Å²) in [5.74, 6) is 0.728. The van der Waals surface area contributed by atoms with Gasteiger partial charge in [0.05, 0.1) is 15.9 Å². The number of thiophene rings is 1. The van der Waals surface area contributed by atoms with E-state index < -0.39 is 0 Å². The minimum atomic E-state index is 0.728. The second-order valence-corrected chi connectivity index (χ2v) is 13.3. The third kappa shape index (κ3) is 5.61. The number of hydrogen-bond acceptors (Lipinski definition) is 3. The minimum absolute atomic E-state index is 0.728. The Morgan fingerprint density at radius 1 is 0.327 bits per heavy atom. The first-order valence-corrected chi connectivity index (χ1v) is 17.3. The van der Waals surface area contributed by atoms with E-state index in [1.807, 2.05) is 0 Å². The van der Waals surface area contributed by atoms with Gasteiger partial charge in [-0.1, -0.05) is 158 Å². The topological polar surface area (TPSA) is 25.8 Å². The van der Waals surface area contributed by atoms with Gasteiger partial charge >= 0.3 is 0 Å². The molecule has 0 radical (unpaired) electrons. The molecular weight excluding hydrogens is 613 g/mol. The largest absolute Gasteiger partial charge is 0.226 e. The molecule has 3 heteroatoms. The molecule has 2 heterocycles. The van der Waals surface area contributed by atoms with Crippen molar-refractivity contribution in [3.8, 4) is 67.2 Å². The summed E-state index contributed by atoms with van der Waals surface area (Å²) in [5, 5.41) is 1.16. The van der Waals surface area contributed by atoms with Gasteiger partial charge in [-0.2, -0.15) is 0 Å². The average molecular weight is 643 g/mol. The smallest absolute Gasteiger partial charge is 0.160 e. The molecule has 0 fully saturated rings. The Labute approximate surface area is 289 Å². The molecule has 9 rings (SSSR count). The highest BCUT2D eigenvalue weighted by Gasteiger charge is 2.17. The fourth-order valence-corrected chi connectivity index (χ4v) is 7.75. The summed E-state index contributed by atoms with van der Waals surface area (Å²) >= 11 is 1.76. The van der Waals surface area contributed by atoms with Gasteiger partial charge in [0, 0.05) is 21.2 Å². The van der Waals surface area contributed by atoms with E-state index in [1.54, 1.807) is 11.3 Å². The number of nitrogens with zero attached hydrogens (tertiary/aromatic N) is 2. The van der Waals surface area contributed by atoms with E-state index in [2.05, 4.69) is 182 Å². The van der Waals surface area contributed by atoms with Gasteiger partial charge in [0.2, 0.25) is 0 Å². The van der Waals surface area contributed by atoms with Gasteiger partial charge in [0.25, 0.3) is 0 Å². The van der Waals surface area contributed by atoms with Crippen molar-refractivity contribution in [3.63, 3.8) is 0 Å². The van der Waals surface area contributed by atoms with E-state index in [1.165, 1.54) is 38.1 Å². The average Bonchev–Trinajstić information content (AvgIpc) is 3.57. The molecule has 0 aliphatic heterocycles. The SMILES string of the molecule is c1ccc(-c2cccc(-c3ccc(-c4nc(-c5cccc(-c6cccc(-c7ccccc7)c6)c5)nc5c4sc4ccccc45)cc3)c2)cc1. The van der Waals surface area contributed by atoms with Crippen LogP contribution in [0.4, 0.5) is 0 Å². The summed E-state index contributed by atoms with van der Waals surface area (Å²) in [4.78, 5) is 10.5. The van der Waals surface area contributed by atoms with Crippen LogP contribution >= 0.6 is 11.3 Å². The normalized spacial score (nSPS) is 11.3. The molecule has 0 N–H and O–H groups in total. The fraction of sp³-hybridized carbons (Fsp3) is 0. The maximum atomic E-state index is 5.29. The van der Waals surface area contributed by atoms with Crippen molar-refractivity contribution in [2.24, 2.45) is 0 Å². The zero-order valence-corrected chi connectivity index (χ0v) is 27.4. The van der Waals surface area contributed by atoms with Crippen LogP contribution in [0.1, 0.15) is 0 Å². The Hall–Kier alpha value is -6.16. The molecule has 0 amide bonds. The van der Waals surface area contributed by atoms with Crippen molar-refractivity contribution in [1.29, 1.82) is 0 Å². The summed E-state index contributed by atoms with van der Waals surface area (Å²) in [6.45, 7) is 0. The van der Waals surface area contributed by atoms with Gasteiger partial charge < -0.3 is 0 Å². The van der Waals surface area contributed by atoms with Crippen LogP contribution in [0.15, 0.2) is 182 Å². The molecule has 2 nitrogen and oxygen atoms in total. The quantitative estimate of drug-likeness (QED) is 0.180. The highest BCUT2D eigenvalue weighted by Crippen LogP contribution is 2.40. The maximum Gasteiger partial charge on any atom is 0.160 e. The molecular formula is C46H30N2S. The second-order valence-electron chi connectivity index (χ2n) is 12.2. The van der Waals surface area contributed by atoms with E-state index >= 15 is 0 Å². The standard InChI is InChI=1S/C46H30N2S/c1-3-12-31(13-4-1)35-16-9-18-37(28-35)33-24-26-34(27-25-33)43-45-44(41-22-7-8-23-42(41)49-45)48-46(47-43)40-21-11-20-39(30-40)38-19-10-17-36(29-38)32-14-5-2-6-15-32/h1-30H. The van der Waals surface area contributed by atoms with Crippen molar-refractivity contribution >= 4 is 31.6 Å². The van der Waals surface area contributed by atoms with Gasteiger partial charge in [-0.25, -0.2) is 9.97 Å². The molecule has 0 spiro atoms. The molecule has 0 aliphatic carbocycles. The molecule has 0 atom stereocenters. The first-order valence-electron chi connectivity index (χ1n) is 16.5. The summed E-state index contributed by atoms with van der Waals surface area (Å²) in [5.41, 5.74) is 13.5. The Morgan fingerprint density at radius 2 is 0.755 bits per heavy atom. The highest BCUT2D eigenvalue weighted by molar-refractivity contribution is 7.26. The van der Waals surface area contributed by atoms with Crippen LogP contribution in [0.2, 0.25) is 0 Å². The lowest BCUT2D eigenvalue weighted by Crippen LogP contribution is -1.94. The van der Waals surface area contributed by atoms with Crippen LogP contribution in [0.5, 0.6) is 0 Å². The zero-order chi connectivity index (χ0) is 32.6. The molecule has 0 bridgehead atoms. The molecule has 230 valence electrons. The molecule has 0 aliphatic rings. The summed E-state index contributed by atoms with van der Waals surface area (Å²) in [6, 6.07) is 64.5. The van der Waals surface area contributed by atoms with Crippen LogP contribution in [0.25, 0.3) is 87.5 Å². The number of fused-ring (bicyclic) bond motifs is 3. The molecule has 0 saturated heterocycles. The van der Waals surface area contributed by atoms with Crippen LogP contribution < -0.4 is 0 Å². The monoisotopic (exact) mass is 642 g/mol. The van der Waals surface area contributed by atoms with E-state index in [-0.39, 0.29) is 0 Å². The van der Waals surface area contributed by atoms with Crippen molar-refractivity contribution in [2.75, 3.05) is 0 Å². The molecule has 0 unspecified atom stereocenters. The maximum absolute atomic E-state index is 5.29. The van der Waals surface area contributed by atoms with Crippen molar-refractivity contribution in [1.82, 2.24) is 9.97 Å². The van der Waals surface area contributed by atoms with E-state index in [9.17, 15) is 0 Å². The van der Waals surface area contributed by atoms with Gasteiger partial charge in [-0.15, -0.1) is 11.3 Å². The highest BCUT2D eigenvalue weighted by atomic mass is 32.1. The van der Waals surface area contributed by atoms with Crippen molar-refractivity contribution in [2.45, 2.75) is 0 Å². The Balaban J connectivity index is 1.13. The van der Waals surface area contributed by atoms with E-state index in [0.29, 0.717) is 0 Å². The van der Waals surface area contributed by atoms with Crippen LogP contribution in [0, 0.1) is 0 Å². The first-order chi connectivity index (χ1) is 24.3.